The van der Waals surface area contributed by atoms with Gasteiger partial charge in [-0.25, -0.2) is 0 Å². The fourth-order valence-corrected chi connectivity index (χ4v) is 11.5. The van der Waals surface area contributed by atoms with Crippen LogP contribution in [0.1, 0.15) is 0 Å². The Morgan fingerprint density at radius 2 is 0.762 bits per heavy atom. The van der Waals surface area contributed by atoms with Gasteiger partial charge in [-0.05, 0) is 157 Å². The quantitative estimate of drug-likeness (QED) is 0.164. The zero-order valence-electron chi connectivity index (χ0n) is 34.1. The Hall–Kier alpha value is -7.98. The molecule has 0 unspecified atom stereocenters. The number of nitrogens with zero attached hydrogens (tertiary/aromatic N) is 2. The van der Waals surface area contributed by atoms with Gasteiger partial charge in [0.05, 0.1) is 22.1 Å². The van der Waals surface area contributed by atoms with E-state index in [1.807, 2.05) is 11.3 Å². The third-order valence-electron chi connectivity index (χ3n) is 13.4. The van der Waals surface area contributed by atoms with Crippen molar-refractivity contribution < 1.29 is 0 Å². The monoisotopic (exact) mass is 816 g/mol. The third kappa shape index (κ3) is 5.30. The number of para-hydroxylation sites is 2. The Morgan fingerprint density at radius 1 is 0.270 bits per heavy atom. The van der Waals surface area contributed by atoms with Crippen LogP contribution in [0.15, 0.2) is 218 Å². The Labute approximate surface area is 366 Å². The van der Waals surface area contributed by atoms with Crippen molar-refractivity contribution in [3.63, 3.8) is 0 Å². The van der Waals surface area contributed by atoms with Gasteiger partial charge in [0.1, 0.15) is 0 Å². The van der Waals surface area contributed by atoms with Gasteiger partial charge in [-0.1, -0.05) is 115 Å². The highest BCUT2D eigenvalue weighted by Crippen LogP contribution is 2.40. The first-order valence-electron chi connectivity index (χ1n) is 21.6. The van der Waals surface area contributed by atoms with Crippen molar-refractivity contribution in [3.8, 4) is 16.8 Å². The molecule has 0 saturated carbocycles. The second-order valence-electron chi connectivity index (χ2n) is 17.0. The Morgan fingerprint density at radius 3 is 1.41 bits per heavy atom. The van der Waals surface area contributed by atoms with Gasteiger partial charge in [0, 0.05) is 52.9 Å². The summed E-state index contributed by atoms with van der Waals surface area (Å²) in [5, 5.41) is 17.2. The molecule has 292 valence electrons. The molecule has 0 amide bonds. The molecular weight excluding hydrogens is 781 g/mol. The minimum absolute atomic E-state index is 1.14. The van der Waals surface area contributed by atoms with Gasteiger partial charge in [-0.2, -0.15) is 0 Å². The molecule has 0 spiro atoms. The Kier molecular flexibility index (Phi) is 7.30. The number of thiophene rings is 1. The zero-order valence-corrected chi connectivity index (χ0v) is 34.9. The number of hydrogen-bond acceptors (Lipinski definition) is 1. The van der Waals surface area contributed by atoms with Crippen molar-refractivity contribution in [2.75, 3.05) is 0 Å². The van der Waals surface area contributed by atoms with Crippen molar-refractivity contribution >= 4 is 124 Å². The van der Waals surface area contributed by atoms with Crippen LogP contribution < -0.4 is 0 Å². The summed E-state index contributed by atoms with van der Waals surface area (Å²) in [5.41, 5.74) is 9.46. The normalized spacial score (nSPS) is 12.1. The average Bonchev–Trinajstić information content (AvgIpc) is 4.00. The maximum Gasteiger partial charge on any atom is 0.0541 e. The van der Waals surface area contributed by atoms with Gasteiger partial charge in [0.25, 0.3) is 0 Å². The summed E-state index contributed by atoms with van der Waals surface area (Å²) in [7, 11) is 0. The van der Waals surface area contributed by atoms with Gasteiger partial charge < -0.3 is 8.97 Å². The number of benzene rings is 10. The summed E-state index contributed by atoms with van der Waals surface area (Å²) in [4.78, 5) is 0. The van der Waals surface area contributed by atoms with Gasteiger partial charge in [0.2, 0.25) is 0 Å². The highest BCUT2D eigenvalue weighted by molar-refractivity contribution is 7.25. The average molecular weight is 817 g/mol. The largest absolute Gasteiger partial charge is 0.309 e. The SMILES string of the molecule is c1ccc(-c2cc3cc(c2)n2c4ccccc4c4cc(ccc42)c2ccc4c(c2)c2cc(ccc2n4-c2ccccc2)c2ccc4sc5ccc(cc5c4c2)c2cccc3c2)cc1. The lowest BCUT2D eigenvalue weighted by Gasteiger charge is -2.08. The molecule has 0 radical (unpaired) electrons. The summed E-state index contributed by atoms with van der Waals surface area (Å²) >= 11 is 1.87. The van der Waals surface area contributed by atoms with Crippen molar-refractivity contribution in [1.82, 2.24) is 8.97 Å². The molecular formula is C60H36N2S. The van der Waals surface area contributed by atoms with Gasteiger partial charge >= 0.3 is 0 Å². The minimum Gasteiger partial charge on any atom is -0.309 e. The molecule has 15 rings (SSSR count). The van der Waals surface area contributed by atoms with E-state index in [2.05, 4.69) is 227 Å². The first-order chi connectivity index (χ1) is 31.2. The number of fused-ring (bicyclic) bond motifs is 2. The van der Waals surface area contributed by atoms with Crippen molar-refractivity contribution in [2.45, 2.75) is 0 Å². The molecule has 2 nitrogen and oxygen atoms in total. The molecule has 15 aromatic rings. The molecule has 0 atom stereocenters. The maximum absolute atomic E-state index is 2.46. The molecule has 16 bridgehead atoms. The standard InChI is InChI=1S/C60H36N2S/c1-3-10-37(11-4-1)45-29-46-31-48(30-45)62-55-17-8-7-16-49(55)50-32-40(18-23-56(50)62)41-19-24-57-51(33-41)52-34-42(20-25-58(52)61(57)47-14-5-2-6-15-47)44-22-27-60-54(36-44)53-35-43(21-26-59(53)63-60)38-12-9-13-39(46)28-38/h1-36H. The fourth-order valence-electron chi connectivity index (χ4n) is 10.4. The summed E-state index contributed by atoms with van der Waals surface area (Å²) in [6, 6.07) is 81.8. The van der Waals surface area contributed by atoms with E-state index in [-0.39, 0.29) is 0 Å². The van der Waals surface area contributed by atoms with Crippen LogP contribution in [0, 0.1) is 0 Å². The number of rotatable bonds is 2. The van der Waals surface area contributed by atoms with E-state index in [9.17, 15) is 0 Å². The lowest BCUT2D eigenvalue weighted by atomic mass is 10.0. The first kappa shape index (κ1) is 34.7. The van der Waals surface area contributed by atoms with E-state index < -0.39 is 0 Å². The summed E-state index contributed by atoms with van der Waals surface area (Å²) < 4.78 is 7.49. The zero-order chi connectivity index (χ0) is 41.2. The number of aromatic nitrogens is 2. The smallest absolute Gasteiger partial charge is 0.0541 e. The van der Waals surface area contributed by atoms with E-state index >= 15 is 0 Å². The van der Waals surface area contributed by atoms with Crippen molar-refractivity contribution in [3.05, 3.63) is 218 Å². The number of hydrogen-bond donors (Lipinski definition) is 0. The second-order valence-corrected chi connectivity index (χ2v) is 18.0. The molecule has 0 aliphatic heterocycles. The lowest BCUT2D eigenvalue weighted by Crippen LogP contribution is -1.92. The van der Waals surface area contributed by atoms with Crippen LogP contribution in [0.4, 0.5) is 0 Å². The van der Waals surface area contributed by atoms with Gasteiger partial charge in [-0.15, -0.1) is 11.3 Å². The molecule has 5 heterocycles. The highest BCUT2D eigenvalue weighted by atomic mass is 32.1. The molecule has 0 aliphatic rings. The van der Waals surface area contributed by atoms with Crippen LogP contribution in [0.25, 0.3) is 129 Å². The van der Waals surface area contributed by atoms with E-state index in [0.717, 1.165) is 11.2 Å². The predicted octanol–water partition coefficient (Wildman–Crippen LogP) is 17.1. The molecule has 10 aromatic carbocycles. The van der Waals surface area contributed by atoms with Gasteiger partial charge in [-0.3, -0.25) is 0 Å². The molecule has 0 aliphatic carbocycles. The summed E-state index contributed by atoms with van der Waals surface area (Å²) in [6.07, 6.45) is 0. The maximum atomic E-state index is 2.46. The minimum atomic E-state index is 1.14. The molecule has 5 aromatic heterocycles. The summed E-state index contributed by atoms with van der Waals surface area (Å²) in [5.74, 6) is 0. The molecule has 0 saturated heterocycles. The van der Waals surface area contributed by atoms with E-state index in [1.165, 1.54) is 118 Å². The van der Waals surface area contributed by atoms with Crippen molar-refractivity contribution in [2.24, 2.45) is 0 Å². The molecule has 3 heteroatoms. The van der Waals surface area contributed by atoms with E-state index in [1.54, 1.807) is 0 Å². The van der Waals surface area contributed by atoms with E-state index in [4.69, 9.17) is 0 Å². The van der Waals surface area contributed by atoms with Crippen LogP contribution in [0.2, 0.25) is 0 Å². The Balaban J connectivity index is 1.18. The highest BCUT2D eigenvalue weighted by Gasteiger charge is 2.15. The van der Waals surface area contributed by atoms with Gasteiger partial charge in [0.15, 0.2) is 0 Å². The van der Waals surface area contributed by atoms with Crippen LogP contribution in [0.3, 0.4) is 0 Å². The van der Waals surface area contributed by atoms with Crippen LogP contribution in [0.5, 0.6) is 0 Å². The van der Waals surface area contributed by atoms with Crippen LogP contribution in [-0.2, 0) is 0 Å². The third-order valence-corrected chi connectivity index (χ3v) is 14.6. The first-order valence-corrected chi connectivity index (χ1v) is 22.5. The van der Waals surface area contributed by atoms with Crippen LogP contribution >= 0.6 is 11.3 Å². The predicted molar refractivity (Wildman–Crippen MR) is 273 cm³/mol. The second kappa shape index (κ2) is 13.3. The summed E-state index contributed by atoms with van der Waals surface area (Å²) in [6.45, 7) is 0. The van der Waals surface area contributed by atoms with Crippen LogP contribution in [-0.4, -0.2) is 8.97 Å². The topological polar surface area (TPSA) is 9.34 Å². The van der Waals surface area contributed by atoms with E-state index in [0.29, 0.717) is 0 Å². The lowest BCUT2D eigenvalue weighted by molar-refractivity contribution is 1.18. The Bertz CT molecular complexity index is 4300. The molecule has 0 N–H and O–H groups in total. The van der Waals surface area contributed by atoms with Crippen molar-refractivity contribution in [1.29, 1.82) is 0 Å². The molecule has 63 heavy (non-hydrogen) atoms. The fraction of sp³-hybridized carbons (Fsp3) is 0. The molecule has 0 fully saturated rings.